The Bertz CT molecular complexity index is 413. The second-order valence-electron chi connectivity index (χ2n) is 5.50. The molecule has 2 rings (SSSR count). The van der Waals surface area contributed by atoms with Crippen molar-refractivity contribution in [3.63, 3.8) is 0 Å². The number of piperidine rings is 1. The van der Waals surface area contributed by atoms with Crippen molar-refractivity contribution in [3.05, 3.63) is 34.9 Å². The molecule has 0 aromatic heterocycles. The van der Waals surface area contributed by atoms with Gasteiger partial charge in [-0.2, -0.15) is 0 Å². The van der Waals surface area contributed by atoms with E-state index in [0.717, 1.165) is 37.5 Å². The molecule has 1 aliphatic heterocycles. The van der Waals surface area contributed by atoms with E-state index in [9.17, 15) is 4.79 Å². The summed E-state index contributed by atoms with van der Waals surface area (Å²) in [5.41, 5.74) is 1.23. The summed E-state index contributed by atoms with van der Waals surface area (Å²) in [4.78, 5) is 11.8. The smallest absolute Gasteiger partial charge is 0.220 e. The van der Waals surface area contributed by atoms with Gasteiger partial charge < -0.3 is 10.6 Å². The molecule has 0 spiro atoms. The van der Waals surface area contributed by atoms with Gasteiger partial charge in [0.2, 0.25) is 5.91 Å². The normalized spacial score (nSPS) is 18.8. The maximum Gasteiger partial charge on any atom is 0.220 e. The maximum absolute atomic E-state index is 11.8. The first-order valence-corrected chi connectivity index (χ1v) is 7.83. The molecule has 1 heterocycles. The van der Waals surface area contributed by atoms with Crippen molar-refractivity contribution in [3.8, 4) is 0 Å². The first-order valence-electron chi connectivity index (χ1n) is 7.46. The van der Waals surface area contributed by atoms with Gasteiger partial charge in [0.1, 0.15) is 0 Å². The lowest BCUT2D eigenvalue weighted by Crippen LogP contribution is -2.38. The molecule has 0 saturated carbocycles. The van der Waals surface area contributed by atoms with Crippen LogP contribution in [-0.4, -0.2) is 25.5 Å². The third-order valence-electron chi connectivity index (χ3n) is 3.77. The van der Waals surface area contributed by atoms with E-state index in [1.165, 1.54) is 18.4 Å². The predicted octanol–water partition coefficient (Wildman–Crippen LogP) is 2.78. The van der Waals surface area contributed by atoms with Crippen molar-refractivity contribution in [1.29, 1.82) is 0 Å². The molecule has 1 aromatic rings. The summed E-state index contributed by atoms with van der Waals surface area (Å²) < 4.78 is 0. The minimum atomic E-state index is 0.171. The van der Waals surface area contributed by atoms with Crippen molar-refractivity contribution in [2.24, 2.45) is 5.92 Å². The Kier molecular flexibility index (Phi) is 6.34. The standard InChI is InChI=1S/C16H23ClN2O/c17-15-8-6-13(7-9-15)3-1-5-16(20)19-12-14-4-2-10-18-11-14/h6-9,14,18H,1-5,10-12H2,(H,19,20). The quantitative estimate of drug-likeness (QED) is 0.847. The van der Waals surface area contributed by atoms with Crippen LogP contribution in [0.5, 0.6) is 0 Å². The van der Waals surface area contributed by atoms with Gasteiger partial charge in [0.05, 0.1) is 0 Å². The summed E-state index contributed by atoms with van der Waals surface area (Å²) in [6.07, 6.45) is 4.85. The minimum absolute atomic E-state index is 0.171. The van der Waals surface area contributed by atoms with E-state index in [2.05, 4.69) is 10.6 Å². The lowest BCUT2D eigenvalue weighted by molar-refractivity contribution is -0.121. The number of carbonyl (C=O) groups excluding carboxylic acids is 1. The fourth-order valence-electron chi connectivity index (χ4n) is 2.55. The van der Waals surface area contributed by atoms with Crippen LogP contribution in [0.15, 0.2) is 24.3 Å². The van der Waals surface area contributed by atoms with Gasteiger partial charge in [-0.1, -0.05) is 23.7 Å². The molecule has 1 fully saturated rings. The van der Waals surface area contributed by atoms with Crippen molar-refractivity contribution < 1.29 is 4.79 Å². The molecule has 0 bridgehead atoms. The van der Waals surface area contributed by atoms with Gasteiger partial charge in [-0.3, -0.25) is 4.79 Å². The van der Waals surface area contributed by atoms with Crippen molar-refractivity contribution in [2.75, 3.05) is 19.6 Å². The molecule has 1 amide bonds. The summed E-state index contributed by atoms with van der Waals surface area (Å²) in [5, 5.41) is 7.17. The second-order valence-corrected chi connectivity index (χ2v) is 5.93. The van der Waals surface area contributed by atoms with Crippen LogP contribution >= 0.6 is 11.6 Å². The number of nitrogens with one attached hydrogen (secondary N) is 2. The molecular formula is C16H23ClN2O. The fourth-order valence-corrected chi connectivity index (χ4v) is 2.67. The summed E-state index contributed by atoms with van der Waals surface area (Å²) in [6, 6.07) is 7.84. The summed E-state index contributed by atoms with van der Waals surface area (Å²) in [5.74, 6) is 0.772. The van der Waals surface area contributed by atoms with Crippen molar-refractivity contribution in [2.45, 2.75) is 32.1 Å². The average Bonchev–Trinajstić information content (AvgIpc) is 2.48. The van der Waals surface area contributed by atoms with Gasteiger partial charge in [0.15, 0.2) is 0 Å². The van der Waals surface area contributed by atoms with Gasteiger partial charge >= 0.3 is 0 Å². The first kappa shape index (κ1) is 15.3. The topological polar surface area (TPSA) is 41.1 Å². The lowest BCUT2D eigenvalue weighted by Gasteiger charge is -2.22. The van der Waals surface area contributed by atoms with Crippen molar-refractivity contribution >= 4 is 17.5 Å². The molecule has 1 aromatic carbocycles. The Balaban J connectivity index is 1.58. The van der Waals surface area contributed by atoms with Crippen LogP contribution in [-0.2, 0) is 11.2 Å². The highest BCUT2D eigenvalue weighted by atomic mass is 35.5. The van der Waals surface area contributed by atoms with Crippen LogP contribution < -0.4 is 10.6 Å². The van der Waals surface area contributed by atoms with E-state index in [-0.39, 0.29) is 5.91 Å². The van der Waals surface area contributed by atoms with Crippen LogP contribution in [0.2, 0.25) is 5.02 Å². The summed E-state index contributed by atoms with van der Waals surface area (Å²) in [7, 11) is 0. The molecule has 3 nitrogen and oxygen atoms in total. The van der Waals surface area contributed by atoms with Crippen LogP contribution in [0.1, 0.15) is 31.2 Å². The number of halogens is 1. The largest absolute Gasteiger partial charge is 0.356 e. The highest BCUT2D eigenvalue weighted by molar-refractivity contribution is 6.30. The van der Waals surface area contributed by atoms with Gasteiger partial charge in [0, 0.05) is 18.0 Å². The summed E-state index contributed by atoms with van der Waals surface area (Å²) in [6.45, 7) is 2.96. The summed E-state index contributed by atoms with van der Waals surface area (Å²) >= 11 is 5.84. The Morgan fingerprint density at radius 2 is 2.15 bits per heavy atom. The molecule has 20 heavy (non-hydrogen) atoms. The zero-order chi connectivity index (χ0) is 14.2. The van der Waals surface area contributed by atoms with E-state index in [0.29, 0.717) is 12.3 Å². The van der Waals surface area contributed by atoms with E-state index in [1.54, 1.807) is 0 Å². The average molecular weight is 295 g/mol. The molecule has 110 valence electrons. The zero-order valence-electron chi connectivity index (χ0n) is 11.8. The number of aryl methyl sites for hydroxylation is 1. The Morgan fingerprint density at radius 1 is 1.35 bits per heavy atom. The molecule has 0 radical (unpaired) electrons. The van der Waals surface area contributed by atoms with Crippen LogP contribution in [0.4, 0.5) is 0 Å². The Labute approximate surface area is 126 Å². The first-order chi connectivity index (χ1) is 9.74. The molecule has 4 heteroatoms. The number of benzene rings is 1. The van der Waals surface area contributed by atoms with Crippen LogP contribution in [0, 0.1) is 5.92 Å². The number of hydrogen-bond acceptors (Lipinski definition) is 2. The predicted molar refractivity (Wildman–Crippen MR) is 83.0 cm³/mol. The number of amides is 1. The molecule has 0 aliphatic carbocycles. The number of rotatable bonds is 6. The van der Waals surface area contributed by atoms with Gasteiger partial charge in [-0.05, 0) is 62.4 Å². The molecule has 2 N–H and O–H groups in total. The van der Waals surface area contributed by atoms with Gasteiger partial charge in [-0.25, -0.2) is 0 Å². The van der Waals surface area contributed by atoms with E-state index >= 15 is 0 Å². The highest BCUT2D eigenvalue weighted by Crippen LogP contribution is 2.12. The van der Waals surface area contributed by atoms with Crippen LogP contribution in [0.3, 0.4) is 0 Å². The highest BCUT2D eigenvalue weighted by Gasteiger charge is 2.13. The Hall–Kier alpha value is -1.06. The van der Waals surface area contributed by atoms with E-state index in [1.807, 2.05) is 24.3 Å². The third-order valence-corrected chi connectivity index (χ3v) is 4.02. The third kappa shape index (κ3) is 5.51. The zero-order valence-corrected chi connectivity index (χ0v) is 12.6. The lowest BCUT2D eigenvalue weighted by atomic mass is 10.00. The number of carbonyl (C=O) groups is 1. The molecular weight excluding hydrogens is 272 g/mol. The minimum Gasteiger partial charge on any atom is -0.356 e. The fraction of sp³-hybridized carbons (Fsp3) is 0.562. The number of hydrogen-bond donors (Lipinski definition) is 2. The van der Waals surface area contributed by atoms with Gasteiger partial charge in [0.25, 0.3) is 0 Å². The molecule has 1 atom stereocenters. The second kappa shape index (κ2) is 8.28. The Morgan fingerprint density at radius 3 is 2.85 bits per heavy atom. The monoisotopic (exact) mass is 294 g/mol. The van der Waals surface area contributed by atoms with Gasteiger partial charge in [-0.15, -0.1) is 0 Å². The molecule has 1 unspecified atom stereocenters. The van der Waals surface area contributed by atoms with Crippen molar-refractivity contribution in [1.82, 2.24) is 10.6 Å². The molecule has 1 saturated heterocycles. The van der Waals surface area contributed by atoms with E-state index < -0.39 is 0 Å². The molecule has 1 aliphatic rings. The maximum atomic E-state index is 11.8. The van der Waals surface area contributed by atoms with E-state index in [4.69, 9.17) is 11.6 Å². The SMILES string of the molecule is O=C(CCCc1ccc(Cl)cc1)NCC1CCCNC1. The van der Waals surface area contributed by atoms with Crippen LogP contribution in [0.25, 0.3) is 0 Å².